The van der Waals surface area contributed by atoms with Crippen LogP contribution in [0.25, 0.3) is 0 Å². The predicted molar refractivity (Wildman–Crippen MR) is 68.6 cm³/mol. The zero-order valence-corrected chi connectivity index (χ0v) is 10.3. The van der Waals surface area contributed by atoms with Gasteiger partial charge in [-0.05, 0) is 37.1 Å². The minimum atomic E-state index is -0.231. The molecule has 1 aromatic rings. The van der Waals surface area contributed by atoms with Crippen LogP contribution >= 0.6 is 0 Å². The lowest BCUT2D eigenvalue weighted by Gasteiger charge is -2.35. The van der Waals surface area contributed by atoms with Crippen molar-refractivity contribution in [1.82, 2.24) is 4.90 Å². The Labute approximate surface area is 106 Å². The van der Waals surface area contributed by atoms with E-state index in [4.69, 9.17) is 0 Å². The van der Waals surface area contributed by atoms with Crippen LogP contribution in [-0.2, 0) is 4.79 Å². The summed E-state index contributed by atoms with van der Waals surface area (Å²) in [7, 11) is 0. The molecule has 0 saturated carbocycles. The number of hydrogen-bond acceptors (Lipinski definition) is 2. The fourth-order valence-electron chi connectivity index (χ4n) is 2.01. The van der Waals surface area contributed by atoms with Crippen molar-refractivity contribution in [3.05, 3.63) is 30.1 Å². The summed E-state index contributed by atoms with van der Waals surface area (Å²) in [6.07, 6.45) is 0. The van der Waals surface area contributed by atoms with Crippen LogP contribution in [0.4, 0.5) is 10.1 Å². The molecule has 18 heavy (non-hydrogen) atoms. The van der Waals surface area contributed by atoms with Crippen molar-refractivity contribution in [3.8, 4) is 11.8 Å². The Balaban J connectivity index is 1.95. The first-order chi connectivity index (χ1) is 8.70. The van der Waals surface area contributed by atoms with E-state index in [0.29, 0.717) is 13.1 Å². The summed E-state index contributed by atoms with van der Waals surface area (Å²) in [4.78, 5) is 15.5. The van der Waals surface area contributed by atoms with E-state index < -0.39 is 0 Å². The maximum absolute atomic E-state index is 12.8. The highest BCUT2D eigenvalue weighted by atomic mass is 19.1. The number of nitrogens with zero attached hydrogens (tertiary/aromatic N) is 2. The molecule has 1 fully saturated rings. The lowest BCUT2D eigenvalue weighted by Crippen LogP contribution is -2.48. The Morgan fingerprint density at radius 2 is 1.78 bits per heavy atom. The lowest BCUT2D eigenvalue weighted by atomic mass is 10.2. The van der Waals surface area contributed by atoms with Gasteiger partial charge in [-0.15, -0.1) is 0 Å². The molecule has 1 aliphatic rings. The first kappa shape index (κ1) is 12.4. The zero-order valence-electron chi connectivity index (χ0n) is 10.3. The minimum Gasteiger partial charge on any atom is -0.368 e. The molecule has 1 amide bonds. The summed E-state index contributed by atoms with van der Waals surface area (Å²) in [6, 6.07) is 6.43. The summed E-state index contributed by atoms with van der Waals surface area (Å²) < 4.78 is 12.8. The summed E-state index contributed by atoms with van der Waals surface area (Å²) in [5.41, 5.74) is 0.991. The molecule has 4 heteroatoms. The summed E-state index contributed by atoms with van der Waals surface area (Å²) >= 11 is 0. The Morgan fingerprint density at radius 3 is 2.33 bits per heavy atom. The van der Waals surface area contributed by atoms with Gasteiger partial charge in [0.2, 0.25) is 0 Å². The minimum absolute atomic E-state index is 0.115. The molecule has 3 nitrogen and oxygen atoms in total. The van der Waals surface area contributed by atoms with Crippen LogP contribution in [0.3, 0.4) is 0 Å². The van der Waals surface area contributed by atoms with Crippen molar-refractivity contribution < 1.29 is 9.18 Å². The molecule has 1 heterocycles. The van der Waals surface area contributed by atoms with Gasteiger partial charge in [-0.3, -0.25) is 4.79 Å². The Kier molecular flexibility index (Phi) is 3.83. The van der Waals surface area contributed by atoms with Gasteiger partial charge in [-0.2, -0.15) is 0 Å². The molecule has 0 aromatic heterocycles. The highest BCUT2D eigenvalue weighted by Gasteiger charge is 2.19. The average Bonchev–Trinajstić information content (AvgIpc) is 2.40. The normalized spacial score (nSPS) is 15.0. The highest BCUT2D eigenvalue weighted by Crippen LogP contribution is 2.16. The molecule has 0 aliphatic carbocycles. The van der Waals surface area contributed by atoms with Crippen LogP contribution < -0.4 is 4.90 Å². The Bertz CT molecular complexity index is 479. The van der Waals surface area contributed by atoms with Crippen LogP contribution in [0.5, 0.6) is 0 Å². The third-order valence-electron chi connectivity index (χ3n) is 2.99. The van der Waals surface area contributed by atoms with E-state index in [2.05, 4.69) is 16.7 Å². The number of piperazine rings is 1. The highest BCUT2D eigenvalue weighted by molar-refractivity contribution is 5.93. The molecule has 0 N–H and O–H groups in total. The number of benzene rings is 1. The maximum Gasteiger partial charge on any atom is 0.298 e. The van der Waals surface area contributed by atoms with Crippen molar-refractivity contribution >= 4 is 11.6 Å². The molecule has 0 unspecified atom stereocenters. The molecule has 1 aliphatic heterocycles. The van der Waals surface area contributed by atoms with Gasteiger partial charge in [0.25, 0.3) is 5.91 Å². The van der Waals surface area contributed by atoms with E-state index in [-0.39, 0.29) is 11.7 Å². The van der Waals surface area contributed by atoms with Crippen LogP contribution in [0, 0.1) is 17.7 Å². The summed E-state index contributed by atoms with van der Waals surface area (Å²) in [6.45, 7) is 4.48. The molecule has 1 saturated heterocycles. The van der Waals surface area contributed by atoms with Gasteiger partial charge in [0, 0.05) is 31.9 Å². The molecule has 0 atom stereocenters. The van der Waals surface area contributed by atoms with Crippen LogP contribution in [0.15, 0.2) is 24.3 Å². The van der Waals surface area contributed by atoms with Crippen molar-refractivity contribution in [2.24, 2.45) is 0 Å². The van der Waals surface area contributed by atoms with Gasteiger partial charge in [-0.25, -0.2) is 4.39 Å². The lowest BCUT2D eigenvalue weighted by molar-refractivity contribution is -0.125. The van der Waals surface area contributed by atoms with Crippen molar-refractivity contribution in [2.45, 2.75) is 6.92 Å². The predicted octanol–water partition coefficient (Wildman–Crippen LogP) is 1.50. The smallest absolute Gasteiger partial charge is 0.298 e. The second kappa shape index (κ2) is 5.54. The van der Waals surface area contributed by atoms with E-state index in [1.54, 1.807) is 24.0 Å². The van der Waals surface area contributed by atoms with Crippen LogP contribution in [0.2, 0.25) is 0 Å². The van der Waals surface area contributed by atoms with Gasteiger partial charge < -0.3 is 9.80 Å². The van der Waals surface area contributed by atoms with E-state index >= 15 is 0 Å². The molecule has 0 radical (unpaired) electrons. The van der Waals surface area contributed by atoms with Crippen molar-refractivity contribution in [2.75, 3.05) is 31.1 Å². The fraction of sp³-hybridized carbons (Fsp3) is 0.357. The largest absolute Gasteiger partial charge is 0.368 e. The number of anilines is 1. The summed E-state index contributed by atoms with van der Waals surface area (Å²) in [5, 5.41) is 0. The van der Waals surface area contributed by atoms with E-state index in [9.17, 15) is 9.18 Å². The number of amides is 1. The van der Waals surface area contributed by atoms with Crippen LogP contribution in [-0.4, -0.2) is 37.0 Å². The maximum atomic E-state index is 12.8. The number of rotatable bonds is 1. The second-order valence-electron chi connectivity index (χ2n) is 4.13. The molecule has 94 valence electrons. The number of carbonyl (C=O) groups excluding carboxylic acids is 1. The van der Waals surface area contributed by atoms with Crippen LogP contribution in [0.1, 0.15) is 6.92 Å². The van der Waals surface area contributed by atoms with Gasteiger partial charge in [-0.1, -0.05) is 5.92 Å². The molecule has 0 spiro atoms. The van der Waals surface area contributed by atoms with Gasteiger partial charge in [0.1, 0.15) is 5.82 Å². The van der Waals surface area contributed by atoms with E-state index in [1.807, 2.05) is 0 Å². The number of carbonyl (C=O) groups is 1. The van der Waals surface area contributed by atoms with Crippen molar-refractivity contribution in [1.29, 1.82) is 0 Å². The first-order valence-corrected chi connectivity index (χ1v) is 5.93. The van der Waals surface area contributed by atoms with E-state index in [0.717, 1.165) is 18.8 Å². The quantitative estimate of drug-likeness (QED) is 0.701. The summed E-state index contributed by atoms with van der Waals surface area (Å²) in [5.74, 6) is 4.82. The first-order valence-electron chi connectivity index (χ1n) is 5.93. The van der Waals surface area contributed by atoms with Gasteiger partial charge in [0.05, 0.1) is 0 Å². The topological polar surface area (TPSA) is 23.6 Å². The zero-order chi connectivity index (χ0) is 13.0. The monoisotopic (exact) mass is 246 g/mol. The van der Waals surface area contributed by atoms with E-state index in [1.165, 1.54) is 12.1 Å². The number of halogens is 1. The number of hydrogen-bond donors (Lipinski definition) is 0. The van der Waals surface area contributed by atoms with Gasteiger partial charge in [0.15, 0.2) is 0 Å². The van der Waals surface area contributed by atoms with Gasteiger partial charge >= 0.3 is 0 Å². The fourth-order valence-corrected chi connectivity index (χ4v) is 2.01. The Morgan fingerprint density at radius 1 is 1.17 bits per heavy atom. The second-order valence-corrected chi connectivity index (χ2v) is 4.13. The third kappa shape index (κ3) is 2.80. The third-order valence-corrected chi connectivity index (χ3v) is 2.99. The standard InChI is InChI=1S/C14H15FN2O/c1-2-3-14(18)17-10-8-16(9-11-17)13-6-4-12(15)5-7-13/h4-7H,8-11H2,1H3. The molecule has 0 bridgehead atoms. The molecule has 2 rings (SSSR count). The molecular weight excluding hydrogens is 231 g/mol. The molecular formula is C14H15FN2O. The van der Waals surface area contributed by atoms with Crippen molar-refractivity contribution in [3.63, 3.8) is 0 Å². The SMILES string of the molecule is CC#CC(=O)N1CCN(c2ccc(F)cc2)CC1. The Hall–Kier alpha value is -2.02. The average molecular weight is 246 g/mol. The molecule has 1 aromatic carbocycles.